The fourth-order valence-electron chi connectivity index (χ4n) is 3.43. The lowest BCUT2D eigenvalue weighted by Crippen LogP contribution is -2.52. The first-order chi connectivity index (χ1) is 14.6. The molecule has 9 heteroatoms. The molecule has 5 rings (SSSR count). The van der Waals surface area contributed by atoms with E-state index in [4.69, 9.17) is 14.5 Å². The number of anilines is 2. The number of rotatable bonds is 6. The van der Waals surface area contributed by atoms with Crippen molar-refractivity contribution in [1.29, 1.82) is 0 Å². The highest BCUT2D eigenvalue weighted by molar-refractivity contribution is 7.22. The molecule has 1 fully saturated rings. The maximum Gasteiger partial charge on any atom is 0.232 e. The van der Waals surface area contributed by atoms with Crippen molar-refractivity contribution in [1.82, 2.24) is 9.97 Å². The zero-order valence-electron chi connectivity index (χ0n) is 16.5. The minimum Gasteiger partial charge on any atom is -0.494 e. The quantitative estimate of drug-likeness (QED) is 0.479. The van der Waals surface area contributed by atoms with E-state index in [2.05, 4.69) is 15.2 Å². The van der Waals surface area contributed by atoms with Gasteiger partial charge in [0.05, 0.1) is 34.6 Å². The molecule has 7 nitrogen and oxygen atoms in total. The van der Waals surface area contributed by atoms with E-state index >= 15 is 0 Å². The zero-order chi connectivity index (χ0) is 20.7. The average Bonchev–Trinajstić information content (AvgIpc) is 3.29. The Labute approximate surface area is 181 Å². The Morgan fingerprint density at radius 1 is 1.20 bits per heavy atom. The Bertz CT molecular complexity index is 1230. The number of benzene rings is 2. The Hall–Kier alpha value is -2.91. The summed E-state index contributed by atoms with van der Waals surface area (Å²) < 4.78 is 13.0. The van der Waals surface area contributed by atoms with Crippen LogP contribution in [0.3, 0.4) is 0 Å². The Kier molecular flexibility index (Phi) is 4.92. The number of carbonyl (C=O) groups excluding carboxylic acids is 1. The summed E-state index contributed by atoms with van der Waals surface area (Å²) in [5.74, 6) is 1.50. The maximum atomic E-state index is 12.7. The van der Waals surface area contributed by atoms with Gasteiger partial charge in [0.1, 0.15) is 17.0 Å². The number of hydrogen-bond acceptors (Lipinski definition) is 8. The van der Waals surface area contributed by atoms with E-state index in [9.17, 15) is 4.79 Å². The normalized spacial score (nSPS) is 14.1. The highest BCUT2D eigenvalue weighted by atomic mass is 32.1. The molecular weight excluding hydrogens is 420 g/mol. The Morgan fingerprint density at radius 3 is 2.87 bits per heavy atom. The first-order valence-corrected chi connectivity index (χ1v) is 11.3. The molecule has 1 aliphatic heterocycles. The van der Waals surface area contributed by atoms with E-state index in [1.54, 1.807) is 18.4 Å². The van der Waals surface area contributed by atoms with Gasteiger partial charge >= 0.3 is 0 Å². The molecule has 1 aliphatic rings. The summed E-state index contributed by atoms with van der Waals surface area (Å²) in [7, 11) is 1.65. The van der Waals surface area contributed by atoms with Crippen LogP contribution in [0.2, 0.25) is 0 Å². The molecule has 3 heterocycles. The van der Waals surface area contributed by atoms with Crippen LogP contribution in [0.5, 0.6) is 11.5 Å². The van der Waals surface area contributed by atoms with Gasteiger partial charge in [-0.15, -0.1) is 0 Å². The van der Waals surface area contributed by atoms with Gasteiger partial charge in [0.15, 0.2) is 10.3 Å². The minimum atomic E-state index is -0.0788. The SMILES string of the molecule is CCOc1ccc2nc(NC(=O)C3CN(c4nc5c(OC)cccc5s4)C3)sc2c1. The molecule has 0 radical (unpaired) electrons. The van der Waals surface area contributed by atoms with Crippen LogP contribution in [-0.2, 0) is 4.79 Å². The molecule has 0 bridgehead atoms. The fraction of sp³-hybridized carbons (Fsp3) is 0.286. The molecule has 4 aromatic rings. The third-order valence-corrected chi connectivity index (χ3v) is 7.03. The highest BCUT2D eigenvalue weighted by Crippen LogP contribution is 2.37. The second kappa shape index (κ2) is 7.73. The zero-order valence-corrected chi connectivity index (χ0v) is 18.2. The number of nitrogens with one attached hydrogen (secondary N) is 1. The van der Waals surface area contributed by atoms with Crippen molar-refractivity contribution in [2.24, 2.45) is 5.92 Å². The summed E-state index contributed by atoms with van der Waals surface area (Å²) in [5, 5.41) is 4.50. The predicted molar refractivity (Wildman–Crippen MR) is 121 cm³/mol. The van der Waals surface area contributed by atoms with Gasteiger partial charge < -0.3 is 19.7 Å². The lowest BCUT2D eigenvalue weighted by atomic mass is 10.0. The molecule has 0 aliphatic carbocycles. The Morgan fingerprint density at radius 2 is 2.07 bits per heavy atom. The standard InChI is InChI=1S/C21H20N4O3S2/c1-3-28-13-7-8-14-17(9-13)29-20(22-14)24-19(26)12-10-25(11-12)21-23-18-15(27-2)5-4-6-16(18)30-21/h4-9,12H,3,10-11H2,1-2H3,(H,22,24,26). The Balaban J connectivity index is 1.24. The monoisotopic (exact) mass is 440 g/mol. The predicted octanol–water partition coefficient (Wildman–Crippen LogP) is 4.39. The second-order valence-electron chi connectivity index (χ2n) is 6.98. The van der Waals surface area contributed by atoms with Crippen LogP contribution in [0.15, 0.2) is 36.4 Å². The fourth-order valence-corrected chi connectivity index (χ4v) is 5.33. The van der Waals surface area contributed by atoms with Crippen LogP contribution >= 0.6 is 22.7 Å². The molecule has 1 saturated heterocycles. The third-order valence-electron chi connectivity index (χ3n) is 5.01. The molecule has 30 heavy (non-hydrogen) atoms. The van der Waals surface area contributed by atoms with E-state index in [1.165, 1.54) is 11.3 Å². The number of amides is 1. The van der Waals surface area contributed by atoms with Crippen LogP contribution in [0.4, 0.5) is 10.3 Å². The number of aromatic nitrogens is 2. The number of para-hydroxylation sites is 1. The van der Waals surface area contributed by atoms with Gasteiger partial charge in [-0.25, -0.2) is 9.97 Å². The van der Waals surface area contributed by atoms with Crippen molar-refractivity contribution < 1.29 is 14.3 Å². The van der Waals surface area contributed by atoms with Crippen molar-refractivity contribution in [3.63, 3.8) is 0 Å². The average molecular weight is 441 g/mol. The number of hydrogen-bond donors (Lipinski definition) is 1. The van der Waals surface area contributed by atoms with Gasteiger partial charge in [-0.1, -0.05) is 28.7 Å². The number of thiazole rings is 2. The largest absolute Gasteiger partial charge is 0.494 e. The summed E-state index contributed by atoms with van der Waals surface area (Å²) in [4.78, 5) is 24.0. The van der Waals surface area contributed by atoms with Gasteiger partial charge in [0, 0.05) is 13.1 Å². The van der Waals surface area contributed by atoms with E-state index in [-0.39, 0.29) is 11.8 Å². The number of carbonyl (C=O) groups is 1. The smallest absolute Gasteiger partial charge is 0.232 e. The molecule has 0 spiro atoms. The van der Waals surface area contributed by atoms with Crippen LogP contribution in [-0.4, -0.2) is 42.7 Å². The lowest BCUT2D eigenvalue weighted by Gasteiger charge is -2.37. The first-order valence-electron chi connectivity index (χ1n) is 9.67. The van der Waals surface area contributed by atoms with Crippen LogP contribution in [0, 0.1) is 5.92 Å². The molecule has 1 N–H and O–H groups in total. The summed E-state index contributed by atoms with van der Waals surface area (Å²) in [6.45, 7) is 3.86. The summed E-state index contributed by atoms with van der Waals surface area (Å²) in [6, 6.07) is 11.7. The van der Waals surface area contributed by atoms with Gasteiger partial charge in [-0.3, -0.25) is 4.79 Å². The van der Waals surface area contributed by atoms with E-state index in [0.717, 1.165) is 37.1 Å². The van der Waals surface area contributed by atoms with Crippen molar-refractivity contribution in [3.05, 3.63) is 36.4 Å². The van der Waals surface area contributed by atoms with Crippen molar-refractivity contribution >= 4 is 59.3 Å². The highest BCUT2D eigenvalue weighted by Gasteiger charge is 2.35. The molecule has 154 valence electrons. The molecule has 2 aromatic heterocycles. The maximum absolute atomic E-state index is 12.7. The lowest BCUT2D eigenvalue weighted by molar-refractivity contribution is -0.120. The molecule has 1 amide bonds. The number of nitrogens with zero attached hydrogens (tertiary/aromatic N) is 3. The minimum absolute atomic E-state index is 0.00553. The third kappa shape index (κ3) is 3.44. The van der Waals surface area contributed by atoms with E-state index < -0.39 is 0 Å². The van der Waals surface area contributed by atoms with E-state index in [1.807, 2.05) is 43.3 Å². The first kappa shape index (κ1) is 19.1. The van der Waals surface area contributed by atoms with Gasteiger partial charge in [-0.05, 0) is 37.3 Å². The van der Waals surface area contributed by atoms with Crippen molar-refractivity contribution in [3.8, 4) is 11.5 Å². The van der Waals surface area contributed by atoms with Gasteiger partial charge in [-0.2, -0.15) is 0 Å². The number of fused-ring (bicyclic) bond motifs is 2. The second-order valence-corrected chi connectivity index (χ2v) is 9.02. The molecule has 2 aromatic carbocycles. The summed E-state index contributed by atoms with van der Waals surface area (Å²) in [5.41, 5.74) is 1.73. The van der Waals surface area contributed by atoms with Crippen LogP contribution < -0.4 is 19.7 Å². The molecule has 0 saturated carbocycles. The summed E-state index contributed by atoms with van der Waals surface area (Å²) >= 11 is 3.08. The van der Waals surface area contributed by atoms with Crippen LogP contribution in [0.25, 0.3) is 20.4 Å². The van der Waals surface area contributed by atoms with E-state index in [0.29, 0.717) is 24.8 Å². The van der Waals surface area contributed by atoms with Crippen molar-refractivity contribution in [2.45, 2.75) is 6.92 Å². The number of ether oxygens (including phenoxy) is 2. The molecule has 0 unspecified atom stereocenters. The summed E-state index contributed by atoms with van der Waals surface area (Å²) in [6.07, 6.45) is 0. The van der Waals surface area contributed by atoms with Crippen LogP contribution in [0.1, 0.15) is 6.92 Å². The van der Waals surface area contributed by atoms with Gasteiger partial charge in [0.25, 0.3) is 0 Å². The van der Waals surface area contributed by atoms with Gasteiger partial charge in [0.2, 0.25) is 5.91 Å². The molecule has 0 atom stereocenters. The topological polar surface area (TPSA) is 76.6 Å². The van der Waals surface area contributed by atoms with Crippen molar-refractivity contribution in [2.75, 3.05) is 37.0 Å². The number of methoxy groups -OCH3 is 1. The molecular formula is C21H20N4O3S2.